The Morgan fingerprint density at radius 1 is 1.33 bits per heavy atom. The van der Waals surface area contributed by atoms with E-state index >= 15 is 0 Å². The monoisotopic (exact) mass is 178 g/mol. The van der Waals surface area contributed by atoms with Crippen molar-refractivity contribution in [3.05, 3.63) is 35.2 Å². The first-order valence-electron chi connectivity index (χ1n) is 3.92. The summed E-state index contributed by atoms with van der Waals surface area (Å²) in [6.45, 7) is 1.79. The van der Waals surface area contributed by atoms with Crippen molar-refractivity contribution in [2.45, 2.75) is 13.0 Å². The summed E-state index contributed by atoms with van der Waals surface area (Å²) in [6, 6.07) is 8.15. The Morgan fingerprint density at radius 3 is 2.92 bits per heavy atom. The van der Waals surface area contributed by atoms with E-state index in [1.54, 1.807) is 18.3 Å². The van der Waals surface area contributed by atoms with Gasteiger partial charge in [-0.1, -0.05) is 6.07 Å². The Hall–Kier alpha value is -0.860. The highest BCUT2D eigenvalue weighted by atomic mass is 32.1. The van der Waals surface area contributed by atoms with Gasteiger partial charge >= 0.3 is 0 Å². The summed E-state index contributed by atoms with van der Waals surface area (Å²) < 4.78 is 1.28. The number of thiophene rings is 1. The molecule has 2 heteroatoms. The fraction of sp³-hybridized carbons (Fsp3) is 0.200. The van der Waals surface area contributed by atoms with Crippen LogP contribution in [0.5, 0.6) is 0 Å². The molecule has 0 radical (unpaired) electrons. The minimum Gasteiger partial charge on any atom is -0.389 e. The highest BCUT2D eigenvalue weighted by Crippen LogP contribution is 2.24. The minimum atomic E-state index is -0.366. The highest BCUT2D eigenvalue weighted by molar-refractivity contribution is 7.17. The lowest BCUT2D eigenvalue weighted by molar-refractivity contribution is 0.199. The molecule has 1 nitrogen and oxygen atoms in total. The molecular formula is C10H10OS. The maximum atomic E-state index is 9.32. The molecule has 0 spiro atoms. The second-order valence-corrected chi connectivity index (χ2v) is 3.84. The molecule has 2 aromatic rings. The van der Waals surface area contributed by atoms with Crippen molar-refractivity contribution in [1.29, 1.82) is 0 Å². The van der Waals surface area contributed by atoms with E-state index in [1.807, 2.05) is 12.1 Å². The van der Waals surface area contributed by atoms with Crippen LogP contribution in [0.4, 0.5) is 0 Å². The topological polar surface area (TPSA) is 20.2 Å². The van der Waals surface area contributed by atoms with Gasteiger partial charge in [-0.3, -0.25) is 0 Å². The van der Waals surface area contributed by atoms with Gasteiger partial charge in [-0.2, -0.15) is 0 Å². The standard InChI is InChI=1S/C10H10OS/c1-7(11)8-2-3-10-9(6-8)4-5-12-10/h2-7,11H,1H3. The van der Waals surface area contributed by atoms with Crippen LogP contribution >= 0.6 is 11.3 Å². The molecule has 1 atom stereocenters. The normalized spacial score (nSPS) is 13.5. The second-order valence-electron chi connectivity index (χ2n) is 2.89. The smallest absolute Gasteiger partial charge is 0.0762 e. The number of fused-ring (bicyclic) bond motifs is 1. The van der Waals surface area contributed by atoms with Gasteiger partial charge in [0.25, 0.3) is 0 Å². The molecule has 2 rings (SSSR count). The van der Waals surface area contributed by atoms with Crippen LogP contribution in [0.15, 0.2) is 29.6 Å². The third-order valence-electron chi connectivity index (χ3n) is 1.96. The van der Waals surface area contributed by atoms with Crippen LogP contribution in [0.25, 0.3) is 10.1 Å². The van der Waals surface area contributed by atoms with Crippen molar-refractivity contribution in [1.82, 2.24) is 0 Å². The first-order chi connectivity index (χ1) is 5.77. The molecule has 1 aromatic heterocycles. The zero-order valence-corrected chi connectivity index (χ0v) is 7.64. The van der Waals surface area contributed by atoms with Crippen molar-refractivity contribution in [2.75, 3.05) is 0 Å². The van der Waals surface area contributed by atoms with Crippen molar-refractivity contribution >= 4 is 21.4 Å². The van der Waals surface area contributed by atoms with Gasteiger partial charge in [0.05, 0.1) is 6.10 Å². The average molecular weight is 178 g/mol. The van der Waals surface area contributed by atoms with Gasteiger partial charge in [0.1, 0.15) is 0 Å². The Labute approximate surface area is 75.3 Å². The van der Waals surface area contributed by atoms with E-state index < -0.39 is 0 Å². The molecule has 1 heterocycles. The van der Waals surface area contributed by atoms with Crippen LogP contribution in [0.1, 0.15) is 18.6 Å². The Balaban J connectivity index is 2.60. The lowest BCUT2D eigenvalue weighted by Crippen LogP contribution is -1.88. The van der Waals surface area contributed by atoms with Gasteiger partial charge in [-0.05, 0) is 41.5 Å². The van der Waals surface area contributed by atoms with Crippen molar-refractivity contribution in [3.63, 3.8) is 0 Å². The molecule has 0 saturated heterocycles. The van der Waals surface area contributed by atoms with Crippen molar-refractivity contribution < 1.29 is 5.11 Å². The number of hydrogen-bond donors (Lipinski definition) is 1. The molecule has 62 valence electrons. The lowest BCUT2D eigenvalue weighted by Gasteiger charge is -2.03. The zero-order chi connectivity index (χ0) is 8.55. The summed E-state index contributed by atoms with van der Waals surface area (Å²) in [4.78, 5) is 0. The van der Waals surface area contributed by atoms with Gasteiger partial charge < -0.3 is 5.11 Å². The number of aliphatic hydroxyl groups excluding tert-OH is 1. The fourth-order valence-electron chi connectivity index (χ4n) is 1.24. The third-order valence-corrected chi connectivity index (χ3v) is 2.86. The number of aliphatic hydroxyl groups is 1. The van der Waals surface area contributed by atoms with Crippen LogP contribution in [0.3, 0.4) is 0 Å². The summed E-state index contributed by atoms with van der Waals surface area (Å²) in [7, 11) is 0. The van der Waals surface area contributed by atoms with Crippen molar-refractivity contribution in [2.24, 2.45) is 0 Å². The predicted molar refractivity (Wildman–Crippen MR) is 52.5 cm³/mol. The van der Waals surface area contributed by atoms with Gasteiger partial charge in [0.2, 0.25) is 0 Å². The van der Waals surface area contributed by atoms with Crippen LogP contribution in [0.2, 0.25) is 0 Å². The van der Waals surface area contributed by atoms with E-state index in [4.69, 9.17) is 0 Å². The number of rotatable bonds is 1. The molecule has 0 aliphatic carbocycles. The summed E-state index contributed by atoms with van der Waals surface area (Å²) in [6.07, 6.45) is -0.366. The first-order valence-corrected chi connectivity index (χ1v) is 4.80. The molecule has 0 bridgehead atoms. The maximum absolute atomic E-state index is 9.32. The van der Waals surface area contributed by atoms with Crippen molar-refractivity contribution in [3.8, 4) is 0 Å². The van der Waals surface area contributed by atoms with E-state index in [2.05, 4.69) is 17.5 Å². The molecule has 0 amide bonds. The van der Waals surface area contributed by atoms with Crippen LogP contribution in [-0.4, -0.2) is 5.11 Å². The molecule has 0 saturated carbocycles. The minimum absolute atomic E-state index is 0.366. The lowest BCUT2D eigenvalue weighted by atomic mass is 10.1. The Bertz CT molecular complexity index is 389. The average Bonchev–Trinajstić information content (AvgIpc) is 2.49. The van der Waals surface area contributed by atoms with E-state index in [1.165, 1.54) is 10.1 Å². The Kier molecular flexibility index (Phi) is 1.87. The fourth-order valence-corrected chi connectivity index (χ4v) is 2.02. The molecule has 0 aliphatic rings. The summed E-state index contributed by atoms with van der Waals surface area (Å²) >= 11 is 1.73. The highest BCUT2D eigenvalue weighted by Gasteiger charge is 2.01. The molecule has 0 aliphatic heterocycles. The van der Waals surface area contributed by atoms with Gasteiger partial charge in [-0.15, -0.1) is 11.3 Å². The van der Waals surface area contributed by atoms with Crippen LogP contribution in [0, 0.1) is 0 Å². The third kappa shape index (κ3) is 1.24. The van der Waals surface area contributed by atoms with Crippen LogP contribution < -0.4 is 0 Å². The van der Waals surface area contributed by atoms with E-state index in [0.717, 1.165) is 5.56 Å². The molecular weight excluding hydrogens is 168 g/mol. The first kappa shape index (κ1) is 7.77. The largest absolute Gasteiger partial charge is 0.389 e. The summed E-state index contributed by atoms with van der Waals surface area (Å²) in [5, 5.41) is 12.6. The van der Waals surface area contributed by atoms with Gasteiger partial charge in [0, 0.05) is 4.70 Å². The molecule has 12 heavy (non-hydrogen) atoms. The maximum Gasteiger partial charge on any atom is 0.0762 e. The SMILES string of the molecule is CC(O)c1ccc2sccc2c1. The second kappa shape index (κ2) is 2.88. The summed E-state index contributed by atoms with van der Waals surface area (Å²) in [5.74, 6) is 0. The van der Waals surface area contributed by atoms with E-state index in [0.29, 0.717) is 0 Å². The van der Waals surface area contributed by atoms with E-state index in [-0.39, 0.29) is 6.10 Å². The molecule has 1 unspecified atom stereocenters. The quantitative estimate of drug-likeness (QED) is 0.711. The molecule has 1 aromatic carbocycles. The van der Waals surface area contributed by atoms with Gasteiger partial charge in [-0.25, -0.2) is 0 Å². The number of benzene rings is 1. The van der Waals surface area contributed by atoms with Gasteiger partial charge in [0.15, 0.2) is 0 Å². The van der Waals surface area contributed by atoms with Crippen LogP contribution in [-0.2, 0) is 0 Å². The zero-order valence-electron chi connectivity index (χ0n) is 6.82. The predicted octanol–water partition coefficient (Wildman–Crippen LogP) is 2.95. The van der Waals surface area contributed by atoms with E-state index in [9.17, 15) is 5.11 Å². The molecule has 0 fully saturated rings. The number of hydrogen-bond acceptors (Lipinski definition) is 2. The summed E-state index contributed by atoms with van der Waals surface area (Å²) in [5.41, 5.74) is 0.987. The Morgan fingerprint density at radius 2 is 2.17 bits per heavy atom. The molecule has 1 N–H and O–H groups in total.